The number of hydrogen-bond acceptors (Lipinski definition) is 3. The molecule has 0 radical (unpaired) electrons. The van der Waals surface area contributed by atoms with Crippen molar-refractivity contribution < 1.29 is 4.39 Å². The normalized spacial score (nSPS) is 17.6. The second-order valence-electron chi connectivity index (χ2n) is 9.50. The predicted molar refractivity (Wildman–Crippen MR) is 130 cm³/mol. The van der Waals surface area contributed by atoms with E-state index in [0.29, 0.717) is 29.4 Å². The van der Waals surface area contributed by atoms with E-state index < -0.39 is 5.82 Å². The van der Waals surface area contributed by atoms with Crippen molar-refractivity contribution in [3.63, 3.8) is 0 Å². The van der Waals surface area contributed by atoms with Gasteiger partial charge >= 0.3 is 0 Å². The van der Waals surface area contributed by atoms with Gasteiger partial charge in [-0.25, -0.2) is 9.37 Å². The van der Waals surface area contributed by atoms with Crippen LogP contribution in [0.3, 0.4) is 0 Å². The minimum absolute atomic E-state index is 0.00423. The molecule has 0 N–H and O–H groups in total. The molecule has 0 amide bonds. The molecule has 1 fully saturated rings. The molecule has 4 nitrogen and oxygen atoms in total. The Labute approximate surface area is 194 Å². The first-order chi connectivity index (χ1) is 15.2. The lowest BCUT2D eigenvalue weighted by Gasteiger charge is -2.36. The van der Waals surface area contributed by atoms with Crippen LogP contribution in [-0.4, -0.2) is 33.6 Å². The van der Waals surface area contributed by atoms with Crippen LogP contribution in [0.1, 0.15) is 52.3 Å². The monoisotopic (exact) mass is 455 g/mol. The maximum atomic E-state index is 13.7. The van der Waals surface area contributed by atoms with Gasteiger partial charge < -0.3 is 4.90 Å². The highest BCUT2D eigenvalue weighted by Crippen LogP contribution is 2.28. The summed E-state index contributed by atoms with van der Waals surface area (Å²) in [5, 5.41) is 0.657. The Balaban J connectivity index is 1.77. The van der Waals surface area contributed by atoms with Crippen LogP contribution in [0.2, 0.25) is 5.02 Å². The summed E-state index contributed by atoms with van der Waals surface area (Å²) in [4.78, 5) is 21.1. The third-order valence-corrected chi connectivity index (χ3v) is 6.76. The molecule has 0 spiro atoms. The Bertz CT molecular complexity index is 1190. The second-order valence-corrected chi connectivity index (χ2v) is 9.91. The first-order valence-corrected chi connectivity index (χ1v) is 11.9. The Hall–Kier alpha value is -2.24. The molecule has 2 heterocycles. The Morgan fingerprint density at radius 1 is 1.12 bits per heavy atom. The molecule has 2 aromatic carbocycles. The number of benzene rings is 2. The van der Waals surface area contributed by atoms with Crippen LogP contribution in [0.25, 0.3) is 22.0 Å². The molecule has 6 heteroatoms. The number of piperidine rings is 1. The molecular weight excluding hydrogens is 425 g/mol. The average Bonchev–Trinajstić information content (AvgIpc) is 2.77. The van der Waals surface area contributed by atoms with Gasteiger partial charge in [-0.15, -0.1) is 0 Å². The molecule has 1 aliphatic rings. The van der Waals surface area contributed by atoms with Crippen LogP contribution in [0.15, 0.2) is 41.2 Å². The van der Waals surface area contributed by atoms with Gasteiger partial charge in [0, 0.05) is 25.0 Å². The SMILES string of the molecule is CC(C)c1nc2ccc(-c3ccc(F)c(Cl)c3)cc2c(=O)n1C[C@H]1CCCN(C(C)C)C1. The first kappa shape index (κ1) is 22.9. The Morgan fingerprint density at radius 3 is 2.53 bits per heavy atom. The van der Waals surface area contributed by atoms with E-state index in [-0.39, 0.29) is 16.5 Å². The molecule has 4 rings (SSSR count). The van der Waals surface area contributed by atoms with E-state index in [2.05, 4.69) is 32.6 Å². The van der Waals surface area contributed by atoms with Crippen molar-refractivity contribution >= 4 is 22.5 Å². The zero-order valence-electron chi connectivity index (χ0n) is 19.2. The highest BCUT2D eigenvalue weighted by molar-refractivity contribution is 6.31. The maximum Gasteiger partial charge on any atom is 0.261 e. The number of fused-ring (bicyclic) bond motifs is 1. The number of rotatable bonds is 5. The van der Waals surface area contributed by atoms with Crippen LogP contribution in [0, 0.1) is 11.7 Å². The fourth-order valence-corrected chi connectivity index (χ4v) is 4.86. The lowest BCUT2D eigenvalue weighted by molar-refractivity contribution is 0.129. The van der Waals surface area contributed by atoms with Crippen molar-refractivity contribution in [1.82, 2.24) is 14.5 Å². The third kappa shape index (κ3) is 4.60. The maximum absolute atomic E-state index is 13.7. The summed E-state index contributed by atoms with van der Waals surface area (Å²) >= 11 is 5.98. The van der Waals surface area contributed by atoms with E-state index in [0.717, 1.165) is 42.9 Å². The van der Waals surface area contributed by atoms with Gasteiger partial charge in [-0.2, -0.15) is 0 Å². The summed E-state index contributed by atoms with van der Waals surface area (Å²) in [5.74, 6) is 0.957. The Morgan fingerprint density at radius 2 is 1.84 bits per heavy atom. The van der Waals surface area contributed by atoms with Crippen molar-refractivity contribution in [2.45, 2.75) is 59.0 Å². The van der Waals surface area contributed by atoms with Gasteiger partial charge in [0.15, 0.2) is 0 Å². The third-order valence-electron chi connectivity index (χ3n) is 6.47. The van der Waals surface area contributed by atoms with E-state index in [9.17, 15) is 9.18 Å². The highest BCUT2D eigenvalue weighted by atomic mass is 35.5. The molecule has 1 aromatic heterocycles. The van der Waals surface area contributed by atoms with Crippen molar-refractivity contribution in [2.24, 2.45) is 5.92 Å². The van der Waals surface area contributed by atoms with Crippen LogP contribution in [-0.2, 0) is 6.54 Å². The molecule has 1 atom stereocenters. The summed E-state index contributed by atoms with van der Waals surface area (Å²) in [6, 6.07) is 10.8. The van der Waals surface area contributed by atoms with E-state index in [1.165, 1.54) is 6.07 Å². The first-order valence-electron chi connectivity index (χ1n) is 11.5. The second kappa shape index (κ2) is 9.32. The number of aromatic nitrogens is 2. The number of nitrogens with zero attached hydrogens (tertiary/aromatic N) is 3. The molecule has 0 unspecified atom stereocenters. The molecule has 1 saturated heterocycles. The number of hydrogen-bond donors (Lipinski definition) is 0. The highest BCUT2D eigenvalue weighted by Gasteiger charge is 2.24. The zero-order chi connectivity index (χ0) is 23.0. The summed E-state index contributed by atoms with van der Waals surface area (Å²) in [6.45, 7) is 11.4. The van der Waals surface area contributed by atoms with Crippen molar-refractivity contribution in [3.8, 4) is 11.1 Å². The number of likely N-dealkylation sites (tertiary alicyclic amines) is 1. The fourth-order valence-electron chi connectivity index (χ4n) is 4.68. The lowest BCUT2D eigenvalue weighted by Crippen LogP contribution is -2.42. The van der Waals surface area contributed by atoms with Crippen LogP contribution >= 0.6 is 11.6 Å². The quantitative estimate of drug-likeness (QED) is 0.466. The fraction of sp³-hybridized carbons (Fsp3) is 0.462. The van der Waals surface area contributed by atoms with Gasteiger partial charge in [0.05, 0.1) is 15.9 Å². The van der Waals surface area contributed by atoms with Gasteiger partial charge in [-0.1, -0.05) is 37.6 Å². The zero-order valence-corrected chi connectivity index (χ0v) is 20.0. The molecule has 3 aromatic rings. The van der Waals surface area contributed by atoms with Gasteiger partial charge in [-0.05, 0) is 74.5 Å². The molecule has 1 aliphatic heterocycles. The molecular formula is C26H31ClFN3O. The molecule has 0 saturated carbocycles. The summed E-state index contributed by atoms with van der Waals surface area (Å²) in [5.41, 5.74) is 2.29. The average molecular weight is 456 g/mol. The number of halogens is 2. The predicted octanol–water partition coefficient (Wildman–Crippen LogP) is 6.10. The van der Waals surface area contributed by atoms with Gasteiger partial charge in [0.2, 0.25) is 0 Å². The van der Waals surface area contributed by atoms with Crippen LogP contribution in [0.4, 0.5) is 4.39 Å². The minimum Gasteiger partial charge on any atom is -0.301 e. The molecule has 0 aliphatic carbocycles. The van der Waals surface area contributed by atoms with Gasteiger partial charge in [0.1, 0.15) is 11.6 Å². The Kier molecular flexibility index (Phi) is 6.68. The van der Waals surface area contributed by atoms with Crippen molar-refractivity contribution in [3.05, 3.63) is 63.4 Å². The largest absolute Gasteiger partial charge is 0.301 e. The summed E-state index contributed by atoms with van der Waals surface area (Å²) in [6.07, 6.45) is 2.28. The van der Waals surface area contributed by atoms with Crippen molar-refractivity contribution in [1.29, 1.82) is 0 Å². The van der Waals surface area contributed by atoms with Crippen LogP contribution in [0.5, 0.6) is 0 Å². The molecule has 32 heavy (non-hydrogen) atoms. The van der Waals surface area contributed by atoms with E-state index in [1.807, 2.05) is 22.8 Å². The molecule has 170 valence electrons. The van der Waals surface area contributed by atoms with Crippen molar-refractivity contribution in [2.75, 3.05) is 13.1 Å². The smallest absolute Gasteiger partial charge is 0.261 e. The van der Waals surface area contributed by atoms with E-state index >= 15 is 0 Å². The minimum atomic E-state index is -0.454. The van der Waals surface area contributed by atoms with E-state index in [1.54, 1.807) is 12.1 Å². The molecule has 0 bridgehead atoms. The lowest BCUT2D eigenvalue weighted by atomic mass is 9.96. The summed E-state index contributed by atoms with van der Waals surface area (Å²) in [7, 11) is 0. The van der Waals surface area contributed by atoms with Gasteiger partial charge in [0.25, 0.3) is 5.56 Å². The van der Waals surface area contributed by atoms with Gasteiger partial charge in [-0.3, -0.25) is 9.36 Å². The van der Waals surface area contributed by atoms with Crippen LogP contribution < -0.4 is 5.56 Å². The standard InChI is InChI=1S/C26H31ClFN3O/c1-16(2)25-29-24-10-8-19(20-7-9-23(28)22(27)13-20)12-21(24)26(32)31(25)15-18-6-5-11-30(14-18)17(3)4/h7-10,12-13,16-18H,5-6,11,14-15H2,1-4H3/t18-/m0/s1. The van der Waals surface area contributed by atoms with E-state index in [4.69, 9.17) is 16.6 Å². The topological polar surface area (TPSA) is 38.1 Å². The summed E-state index contributed by atoms with van der Waals surface area (Å²) < 4.78 is 15.5.